The van der Waals surface area contributed by atoms with Crippen molar-refractivity contribution in [3.63, 3.8) is 0 Å². The van der Waals surface area contributed by atoms with Crippen LogP contribution in [0.3, 0.4) is 0 Å². The number of nitrogens with zero attached hydrogens (tertiary/aromatic N) is 1. The van der Waals surface area contributed by atoms with Gasteiger partial charge < -0.3 is 4.90 Å². The second kappa shape index (κ2) is 9.54. The third kappa shape index (κ3) is 4.80. The smallest absolute Gasteiger partial charge is 0.0491 e. The Labute approximate surface area is 204 Å². The van der Waals surface area contributed by atoms with E-state index in [9.17, 15) is 0 Å². The Morgan fingerprint density at radius 1 is 0.364 bits per heavy atom. The van der Waals surface area contributed by atoms with Crippen molar-refractivity contribution in [1.82, 2.24) is 0 Å². The molecule has 5 aromatic rings. The molecule has 0 unspecified atom stereocenters. The summed E-state index contributed by atoms with van der Waals surface area (Å²) < 4.78 is 0. The van der Waals surface area contributed by atoms with E-state index in [4.69, 9.17) is 23.2 Å². The van der Waals surface area contributed by atoms with Gasteiger partial charge in [0.1, 0.15) is 0 Å². The SMILES string of the molecule is Clc1cc(Cl)cc(N(c2ccc(-c3ccccc3)cc2)c2ccc(-c3ccccc3)cc2)c1. The van der Waals surface area contributed by atoms with Crippen molar-refractivity contribution in [3.05, 3.63) is 137 Å². The average Bonchev–Trinajstić information content (AvgIpc) is 2.86. The molecule has 0 aliphatic rings. The second-order valence-electron chi connectivity index (χ2n) is 7.79. The van der Waals surface area contributed by atoms with Gasteiger partial charge in [0.2, 0.25) is 0 Å². The zero-order chi connectivity index (χ0) is 22.6. The summed E-state index contributed by atoms with van der Waals surface area (Å²) in [7, 11) is 0. The van der Waals surface area contributed by atoms with Gasteiger partial charge in [-0.1, -0.05) is 108 Å². The van der Waals surface area contributed by atoms with Crippen LogP contribution in [0.2, 0.25) is 10.0 Å². The summed E-state index contributed by atoms with van der Waals surface area (Å²) in [5, 5.41) is 1.20. The highest BCUT2D eigenvalue weighted by Crippen LogP contribution is 2.38. The van der Waals surface area contributed by atoms with E-state index >= 15 is 0 Å². The molecule has 160 valence electrons. The Bertz CT molecular complexity index is 1240. The Morgan fingerprint density at radius 3 is 1.12 bits per heavy atom. The van der Waals surface area contributed by atoms with Crippen LogP contribution < -0.4 is 4.90 Å². The third-order valence-electron chi connectivity index (χ3n) is 5.57. The molecule has 0 N–H and O–H groups in total. The van der Waals surface area contributed by atoms with Gasteiger partial charge in [-0.25, -0.2) is 0 Å². The van der Waals surface area contributed by atoms with Gasteiger partial charge in [0.25, 0.3) is 0 Å². The second-order valence-corrected chi connectivity index (χ2v) is 8.66. The molecule has 0 saturated heterocycles. The van der Waals surface area contributed by atoms with E-state index in [0.29, 0.717) is 10.0 Å². The Balaban J connectivity index is 1.57. The number of anilines is 3. The zero-order valence-corrected chi connectivity index (χ0v) is 19.3. The van der Waals surface area contributed by atoms with E-state index in [1.165, 1.54) is 22.3 Å². The van der Waals surface area contributed by atoms with Crippen LogP contribution in [0.15, 0.2) is 127 Å². The first-order valence-corrected chi connectivity index (χ1v) is 11.5. The van der Waals surface area contributed by atoms with Crippen LogP contribution in [0.4, 0.5) is 17.1 Å². The fourth-order valence-electron chi connectivity index (χ4n) is 3.98. The maximum Gasteiger partial charge on any atom is 0.0491 e. The first-order chi connectivity index (χ1) is 16.2. The van der Waals surface area contributed by atoms with Crippen molar-refractivity contribution in [2.45, 2.75) is 0 Å². The van der Waals surface area contributed by atoms with Crippen LogP contribution in [0.25, 0.3) is 22.3 Å². The van der Waals surface area contributed by atoms with Crippen LogP contribution in [0.1, 0.15) is 0 Å². The molecule has 0 fully saturated rings. The van der Waals surface area contributed by atoms with Gasteiger partial charge in [-0.05, 0) is 64.7 Å². The number of hydrogen-bond donors (Lipinski definition) is 0. The van der Waals surface area contributed by atoms with Gasteiger partial charge >= 0.3 is 0 Å². The van der Waals surface area contributed by atoms with Crippen LogP contribution in [-0.4, -0.2) is 0 Å². The van der Waals surface area contributed by atoms with E-state index in [0.717, 1.165) is 17.1 Å². The molecule has 3 heteroatoms. The minimum absolute atomic E-state index is 0.601. The summed E-state index contributed by atoms with van der Waals surface area (Å²) in [5.41, 5.74) is 7.68. The lowest BCUT2D eigenvalue weighted by molar-refractivity contribution is 1.28. The molecule has 0 atom stereocenters. The minimum atomic E-state index is 0.601. The molecule has 0 bridgehead atoms. The largest absolute Gasteiger partial charge is 0.310 e. The lowest BCUT2D eigenvalue weighted by atomic mass is 10.0. The number of rotatable bonds is 5. The standard InChI is InChI=1S/C30H21Cl2N/c31-26-19-27(32)21-30(20-26)33(28-15-11-24(12-16-28)22-7-3-1-4-8-22)29-17-13-25(14-18-29)23-9-5-2-6-10-23/h1-21H. The molecule has 0 aliphatic heterocycles. The molecule has 0 saturated carbocycles. The molecule has 33 heavy (non-hydrogen) atoms. The Morgan fingerprint density at radius 2 is 0.727 bits per heavy atom. The van der Waals surface area contributed by atoms with E-state index in [1.807, 2.05) is 24.3 Å². The number of hydrogen-bond acceptors (Lipinski definition) is 1. The zero-order valence-electron chi connectivity index (χ0n) is 17.8. The third-order valence-corrected chi connectivity index (χ3v) is 6.01. The maximum absolute atomic E-state index is 6.37. The van der Waals surface area contributed by atoms with E-state index < -0.39 is 0 Å². The summed E-state index contributed by atoms with van der Waals surface area (Å²) in [6, 6.07) is 43.4. The molecule has 1 nitrogen and oxygen atoms in total. The molecule has 0 heterocycles. The molecule has 0 radical (unpaired) electrons. The molecule has 0 amide bonds. The number of halogens is 2. The Kier molecular flexibility index (Phi) is 6.17. The highest BCUT2D eigenvalue weighted by molar-refractivity contribution is 6.35. The van der Waals surface area contributed by atoms with Gasteiger partial charge in [-0.3, -0.25) is 0 Å². The first kappa shape index (κ1) is 21.3. The first-order valence-electron chi connectivity index (χ1n) is 10.7. The van der Waals surface area contributed by atoms with Crippen LogP contribution in [-0.2, 0) is 0 Å². The van der Waals surface area contributed by atoms with Gasteiger partial charge in [0.05, 0.1) is 0 Å². The minimum Gasteiger partial charge on any atom is -0.310 e. The van der Waals surface area contributed by atoms with Crippen LogP contribution in [0.5, 0.6) is 0 Å². The van der Waals surface area contributed by atoms with Gasteiger partial charge in [0, 0.05) is 27.1 Å². The molecular formula is C30H21Cl2N. The van der Waals surface area contributed by atoms with E-state index in [2.05, 4.69) is 102 Å². The fraction of sp³-hybridized carbons (Fsp3) is 0. The van der Waals surface area contributed by atoms with Gasteiger partial charge in [-0.2, -0.15) is 0 Å². The number of benzene rings is 5. The van der Waals surface area contributed by atoms with Crippen LogP contribution >= 0.6 is 23.2 Å². The highest BCUT2D eigenvalue weighted by atomic mass is 35.5. The molecule has 5 aromatic carbocycles. The predicted molar refractivity (Wildman–Crippen MR) is 142 cm³/mol. The lowest BCUT2D eigenvalue weighted by Gasteiger charge is -2.26. The van der Waals surface area contributed by atoms with Gasteiger partial charge in [0.15, 0.2) is 0 Å². The molecule has 0 aromatic heterocycles. The normalized spacial score (nSPS) is 10.7. The van der Waals surface area contributed by atoms with Crippen molar-refractivity contribution in [2.24, 2.45) is 0 Å². The maximum atomic E-state index is 6.37. The van der Waals surface area contributed by atoms with E-state index in [-0.39, 0.29) is 0 Å². The predicted octanol–water partition coefficient (Wildman–Crippen LogP) is 9.80. The van der Waals surface area contributed by atoms with Crippen molar-refractivity contribution >= 4 is 40.3 Å². The lowest BCUT2D eigenvalue weighted by Crippen LogP contribution is -2.10. The Hall–Kier alpha value is -3.52. The summed E-state index contributed by atoms with van der Waals surface area (Å²) in [5.74, 6) is 0. The van der Waals surface area contributed by atoms with Gasteiger partial charge in [-0.15, -0.1) is 0 Å². The molecular weight excluding hydrogens is 445 g/mol. The average molecular weight is 466 g/mol. The summed E-state index contributed by atoms with van der Waals surface area (Å²) in [4.78, 5) is 2.17. The fourth-order valence-corrected chi connectivity index (χ4v) is 4.50. The topological polar surface area (TPSA) is 3.24 Å². The van der Waals surface area contributed by atoms with Crippen LogP contribution in [0, 0.1) is 0 Å². The highest BCUT2D eigenvalue weighted by Gasteiger charge is 2.14. The van der Waals surface area contributed by atoms with Crippen molar-refractivity contribution in [2.75, 3.05) is 4.90 Å². The summed E-state index contributed by atoms with van der Waals surface area (Å²) >= 11 is 12.7. The monoisotopic (exact) mass is 465 g/mol. The van der Waals surface area contributed by atoms with E-state index in [1.54, 1.807) is 6.07 Å². The molecule has 5 rings (SSSR count). The summed E-state index contributed by atoms with van der Waals surface area (Å²) in [6.45, 7) is 0. The molecule has 0 aliphatic carbocycles. The van der Waals surface area contributed by atoms with Crippen molar-refractivity contribution in [1.29, 1.82) is 0 Å². The molecule has 0 spiro atoms. The van der Waals surface area contributed by atoms with Crippen molar-refractivity contribution < 1.29 is 0 Å². The quantitative estimate of drug-likeness (QED) is 0.249. The summed E-state index contributed by atoms with van der Waals surface area (Å²) in [6.07, 6.45) is 0. The van der Waals surface area contributed by atoms with Crippen molar-refractivity contribution in [3.8, 4) is 22.3 Å².